The predicted molar refractivity (Wildman–Crippen MR) is 49.7 cm³/mol. The fourth-order valence-electron chi connectivity index (χ4n) is 0.769. The average molecular weight is 197 g/mol. The first kappa shape index (κ1) is 14.2. The van der Waals surface area contributed by atoms with E-state index in [0.29, 0.717) is 6.42 Å². The molecule has 0 aliphatic carbocycles. The number of carbonyl (C=O) groups is 1. The molecule has 0 rings (SSSR count). The van der Waals surface area contributed by atoms with Crippen molar-refractivity contribution in [3.05, 3.63) is 0 Å². The van der Waals surface area contributed by atoms with Gasteiger partial charge in [-0.2, -0.15) is 0 Å². The Bertz CT molecular complexity index is 145. The van der Waals surface area contributed by atoms with Gasteiger partial charge in [0.2, 0.25) is 0 Å². The summed E-state index contributed by atoms with van der Waals surface area (Å²) in [5, 5.41) is 9.16. The number of aliphatic hydroxyl groups is 1. The SMILES string of the molecule is CC(C)(C)CC(O)C(=O)NN.Cl. The maximum Gasteiger partial charge on any atom is 0.262 e. The third kappa shape index (κ3) is 6.39. The van der Waals surface area contributed by atoms with Crippen LogP contribution in [0.5, 0.6) is 0 Å². The molecular weight excluding hydrogens is 180 g/mol. The van der Waals surface area contributed by atoms with E-state index in [1.54, 1.807) is 0 Å². The summed E-state index contributed by atoms with van der Waals surface area (Å²) in [6, 6.07) is 0. The molecule has 1 amide bonds. The van der Waals surface area contributed by atoms with Crippen molar-refractivity contribution in [1.29, 1.82) is 0 Å². The van der Waals surface area contributed by atoms with E-state index in [-0.39, 0.29) is 17.8 Å². The summed E-state index contributed by atoms with van der Waals surface area (Å²) in [6.45, 7) is 5.83. The largest absolute Gasteiger partial charge is 0.383 e. The lowest BCUT2D eigenvalue weighted by molar-refractivity contribution is -0.130. The van der Waals surface area contributed by atoms with Crippen molar-refractivity contribution in [2.75, 3.05) is 0 Å². The molecule has 74 valence electrons. The van der Waals surface area contributed by atoms with Gasteiger partial charge in [-0.15, -0.1) is 12.4 Å². The van der Waals surface area contributed by atoms with Crippen LogP contribution in [0.15, 0.2) is 0 Å². The normalized spacial score (nSPS) is 13.1. The van der Waals surface area contributed by atoms with Crippen molar-refractivity contribution < 1.29 is 9.90 Å². The van der Waals surface area contributed by atoms with Crippen LogP contribution in [0.3, 0.4) is 0 Å². The zero-order valence-electron chi connectivity index (χ0n) is 7.63. The monoisotopic (exact) mass is 196 g/mol. The van der Waals surface area contributed by atoms with Crippen molar-refractivity contribution in [3.8, 4) is 0 Å². The molecule has 0 fully saturated rings. The smallest absolute Gasteiger partial charge is 0.262 e. The second-order valence-corrected chi connectivity index (χ2v) is 3.79. The Morgan fingerprint density at radius 2 is 2.00 bits per heavy atom. The van der Waals surface area contributed by atoms with Crippen LogP contribution in [-0.4, -0.2) is 17.1 Å². The summed E-state index contributed by atoms with van der Waals surface area (Å²) >= 11 is 0. The summed E-state index contributed by atoms with van der Waals surface area (Å²) in [5.74, 6) is 4.30. The second-order valence-electron chi connectivity index (χ2n) is 3.79. The molecule has 5 heteroatoms. The number of nitrogens with one attached hydrogen (secondary N) is 1. The molecule has 0 aromatic heterocycles. The summed E-state index contributed by atoms with van der Waals surface area (Å²) in [6.07, 6.45) is -0.587. The van der Waals surface area contributed by atoms with Gasteiger partial charge < -0.3 is 5.11 Å². The number of carbonyl (C=O) groups excluding carboxylic acids is 1. The lowest BCUT2D eigenvalue weighted by atomic mass is 9.89. The number of amides is 1. The molecule has 0 aliphatic rings. The number of halogens is 1. The predicted octanol–water partition coefficient (Wildman–Crippen LogP) is 0.195. The third-order valence-electron chi connectivity index (χ3n) is 1.25. The van der Waals surface area contributed by atoms with E-state index in [9.17, 15) is 4.79 Å². The van der Waals surface area contributed by atoms with Crippen LogP contribution in [0.25, 0.3) is 0 Å². The molecule has 0 aromatic rings. The molecule has 1 unspecified atom stereocenters. The minimum absolute atomic E-state index is 0. The summed E-state index contributed by atoms with van der Waals surface area (Å²) < 4.78 is 0. The second kappa shape index (κ2) is 5.35. The minimum Gasteiger partial charge on any atom is -0.383 e. The van der Waals surface area contributed by atoms with E-state index in [1.807, 2.05) is 26.2 Å². The van der Waals surface area contributed by atoms with E-state index >= 15 is 0 Å². The number of hydrazine groups is 1. The van der Waals surface area contributed by atoms with Crippen molar-refractivity contribution >= 4 is 18.3 Å². The van der Waals surface area contributed by atoms with Gasteiger partial charge in [0, 0.05) is 0 Å². The number of hydrogen-bond donors (Lipinski definition) is 3. The van der Waals surface area contributed by atoms with E-state index < -0.39 is 12.0 Å². The number of nitrogens with two attached hydrogens (primary N) is 1. The van der Waals surface area contributed by atoms with Crippen molar-refractivity contribution in [2.24, 2.45) is 11.3 Å². The fraction of sp³-hybridized carbons (Fsp3) is 0.857. The van der Waals surface area contributed by atoms with Crippen LogP contribution in [0.1, 0.15) is 27.2 Å². The van der Waals surface area contributed by atoms with Crippen LogP contribution in [-0.2, 0) is 4.79 Å². The molecule has 1 atom stereocenters. The summed E-state index contributed by atoms with van der Waals surface area (Å²) in [5.41, 5.74) is 1.83. The fourth-order valence-corrected chi connectivity index (χ4v) is 0.769. The standard InChI is InChI=1S/C7H16N2O2.ClH/c1-7(2,3)4-5(10)6(11)9-8;/h5,10H,4,8H2,1-3H3,(H,9,11);1H. The quantitative estimate of drug-likeness (QED) is 0.336. The molecule has 4 N–H and O–H groups in total. The van der Waals surface area contributed by atoms with Crippen LogP contribution in [0.4, 0.5) is 0 Å². The van der Waals surface area contributed by atoms with Crippen LogP contribution in [0.2, 0.25) is 0 Å². The topological polar surface area (TPSA) is 75.3 Å². The molecule has 0 aromatic carbocycles. The summed E-state index contributed by atoms with van der Waals surface area (Å²) in [4.78, 5) is 10.7. The molecule has 12 heavy (non-hydrogen) atoms. The molecule has 0 saturated heterocycles. The van der Waals surface area contributed by atoms with Gasteiger partial charge in [0.25, 0.3) is 5.91 Å². The van der Waals surface area contributed by atoms with Gasteiger partial charge in [-0.25, -0.2) is 5.84 Å². The van der Waals surface area contributed by atoms with Gasteiger partial charge in [0.15, 0.2) is 0 Å². The average Bonchev–Trinajstić information content (AvgIpc) is 1.82. The lowest BCUT2D eigenvalue weighted by Gasteiger charge is -2.20. The van der Waals surface area contributed by atoms with Gasteiger partial charge in [0.05, 0.1) is 0 Å². The van der Waals surface area contributed by atoms with Crippen LogP contribution >= 0.6 is 12.4 Å². The Balaban J connectivity index is 0. The zero-order valence-corrected chi connectivity index (χ0v) is 8.44. The first-order valence-electron chi connectivity index (χ1n) is 3.55. The van der Waals surface area contributed by atoms with Gasteiger partial charge >= 0.3 is 0 Å². The van der Waals surface area contributed by atoms with Crippen molar-refractivity contribution in [2.45, 2.75) is 33.3 Å². The van der Waals surface area contributed by atoms with Gasteiger partial charge in [-0.3, -0.25) is 10.2 Å². The minimum atomic E-state index is -1.00. The first-order chi connectivity index (χ1) is 4.87. The molecule has 0 saturated carbocycles. The maximum atomic E-state index is 10.7. The highest BCUT2D eigenvalue weighted by molar-refractivity contribution is 5.85. The van der Waals surface area contributed by atoms with E-state index in [1.165, 1.54) is 0 Å². The van der Waals surface area contributed by atoms with Crippen molar-refractivity contribution in [3.63, 3.8) is 0 Å². The summed E-state index contributed by atoms with van der Waals surface area (Å²) in [7, 11) is 0. The van der Waals surface area contributed by atoms with Crippen molar-refractivity contribution in [1.82, 2.24) is 5.43 Å². The molecule has 4 nitrogen and oxygen atoms in total. The first-order valence-corrected chi connectivity index (χ1v) is 3.55. The molecule has 0 bridgehead atoms. The number of rotatable bonds is 2. The lowest BCUT2D eigenvalue weighted by Crippen LogP contribution is -2.40. The molecule has 0 spiro atoms. The Morgan fingerprint density at radius 1 is 1.58 bits per heavy atom. The van der Waals surface area contributed by atoms with Gasteiger partial charge in [-0.1, -0.05) is 20.8 Å². The number of hydrogen-bond acceptors (Lipinski definition) is 3. The molecule has 0 aliphatic heterocycles. The zero-order chi connectivity index (χ0) is 9.07. The Hall–Kier alpha value is -0.320. The maximum absolute atomic E-state index is 10.7. The van der Waals surface area contributed by atoms with E-state index in [0.717, 1.165) is 0 Å². The van der Waals surface area contributed by atoms with Crippen LogP contribution in [0, 0.1) is 5.41 Å². The Morgan fingerprint density at radius 3 is 2.25 bits per heavy atom. The Kier molecular flexibility index (Phi) is 6.34. The third-order valence-corrected chi connectivity index (χ3v) is 1.25. The highest BCUT2D eigenvalue weighted by atomic mass is 35.5. The molecular formula is C7H17ClN2O2. The number of aliphatic hydroxyl groups excluding tert-OH is 1. The Labute approximate surface area is 78.9 Å². The van der Waals surface area contributed by atoms with Gasteiger partial charge in [0.1, 0.15) is 6.10 Å². The van der Waals surface area contributed by atoms with E-state index in [4.69, 9.17) is 10.9 Å². The van der Waals surface area contributed by atoms with Gasteiger partial charge in [-0.05, 0) is 11.8 Å². The highest BCUT2D eigenvalue weighted by Crippen LogP contribution is 2.20. The molecule has 0 radical (unpaired) electrons. The van der Waals surface area contributed by atoms with Crippen LogP contribution < -0.4 is 11.3 Å². The van der Waals surface area contributed by atoms with E-state index in [2.05, 4.69) is 0 Å². The molecule has 0 heterocycles. The highest BCUT2D eigenvalue weighted by Gasteiger charge is 2.21.